The fraction of sp³-hybridized carbons (Fsp3) is 0.167. The minimum Gasteiger partial charge on any atom is -0.495 e. The summed E-state index contributed by atoms with van der Waals surface area (Å²) < 4.78 is 5.12. The number of carbonyl (C=O) groups excluding carboxylic acids is 1. The van der Waals surface area contributed by atoms with E-state index in [9.17, 15) is 4.79 Å². The van der Waals surface area contributed by atoms with Gasteiger partial charge in [-0.3, -0.25) is 15.6 Å². The van der Waals surface area contributed by atoms with E-state index in [1.54, 1.807) is 24.3 Å². The normalized spacial score (nSPS) is 10.3. The van der Waals surface area contributed by atoms with Gasteiger partial charge in [-0.2, -0.15) is 10.4 Å². The van der Waals surface area contributed by atoms with Gasteiger partial charge in [0.25, 0.3) is 0 Å². The largest absolute Gasteiger partial charge is 0.495 e. The Hall–Kier alpha value is -3.08. The number of amidine groups is 1. The first-order valence-electron chi connectivity index (χ1n) is 5.51. The summed E-state index contributed by atoms with van der Waals surface area (Å²) in [6.07, 6.45) is 0. The molecule has 1 amide bonds. The third kappa shape index (κ3) is 3.99. The van der Waals surface area contributed by atoms with Gasteiger partial charge in [0.2, 0.25) is 11.6 Å². The average molecular weight is 274 g/mol. The first-order chi connectivity index (χ1) is 9.47. The lowest BCUT2D eigenvalue weighted by molar-refractivity contribution is -0.114. The number of benzene rings is 1. The van der Waals surface area contributed by atoms with E-state index in [1.807, 2.05) is 0 Å². The van der Waals surface area contributed by atoms with E-state index in [1.165, 1.54) is 14.0 Å². The van der Waals surface area contributed by atoms with Crippen LogP contribution in [0.15, 0.2) is 23.3 Å². The number of hydrazone groups is 1. The lowest BCUT2D eigenvalue weighted by Crippen LogP contribution is -2.21. The van der Waals surface area contributed by atoms with Crippen molar-refractivity contribution in [1.82, 2.24) is 0 Å². The van der Waals surface area contributed by atoms with Crippen molar-refractivity contribution in [2.45, 2.75) is 6.92 Å². The Morgan fingerprint density at radius 1 is 1.55 bits per heavy atom. The molecule has 8 nitrogen and oxygen atoms in total. The highest BCUT2D eigenvalue weighted by atomic mass is 16.5. The molecule has 0 aliphatic carbocycles. The van der Waals surface area contributed by atoms with Crippen molar-refractivity contribution in [1.29, 1.82) is 10.7 Å². The zero-order valence-electron chi connectivity index (χ0n) is 11.0. The number of nitriles is 1. The molecule has 0 saturated heterocycles. The van der Waals surface area contributed by atoms with Crippen LogP contribution in [0, 0.1) is 16.7 Å². The molecule has 0 aliphatic rings. The van der Waals surface area contributed by atoms with Gasteiger partial charge in [0.1, 0.15) is 17.5 Å². The maximum Gasteiger partial charge on any atom is 0.221 e. The minimum absolute atomic E-state index is 0.217. The van der Waals surface area contributed by atoms with E-state index in [2.05, 4.69) is 15.8 Å². The van der Waals surface area contributed by atoms with Gasteiger partial charge < -0.3 is 15.8 Å². The molecule has 104 valence electrons. The van der Waals surface area contributed by atoms with Crippen molar-refractivity contribution >= 4 is 28.8 Å². The maximum atomic E-state index is 11.0. The maximum absolute atomic E-state index is 11.0. The van der Waals surface area contributed by atoms with Crippen LogP contribution in [0.5, 0.6) is 5.75 Å². The van der Waals surface area contributed by atoms with E-state index < -0.39 is 5.84 Å². The smallest absolute Gasteiger partial charge is 0.221 e. The molecule has 0 aromatic heterocycles. The zero-order chi connectivity index (χ0) is 15.1. The Morgan fingerprint density at radius 3 is 2.75 bits per heavy atom. The fourth-order valence-electron chi connectivity index (χ4n) is 1.34. The molecule has 0 fully saturated rings. The highest BCUT2D eigenvalue weighted by Crippen LogP contribution is 2.27. The van der Waals surface area contributed by atoms with E-state index in [0.717, 1.165) is 0 Å². The van der Waals surface area contributed by atoms with Gasteiger partial charge in [0, 0.05) is 12.6 Å². The summed E-state index contributed by atoms with van der Waals surface area (Å²) in [4.78, 5) is 11.0. The summed E-state index contributed by atoms with van der Waals surface area (Å²) in [7, 11) is 1.47. The second kappa shape index (κ2) is 6.75. The number of carbonyl (C=O) groups is 1. The number of hydrogen-bond donors (Lipinski definition) is 4. The first-order valence-corrected chi connectivity index (χ1v) is 5.51. The number of anilines is 2. The van der Waals surface area contributed by atoms with Crippen molar-refractivity contribution in [3.63, 3.8) is 0 Å². The lowest BCUT2D eigenvalue weighted by Gasteiger charge is -2.10. The summed E-state index contributed by atoms with van der Waals surface area (Å²) in [6, 6.07) is 6.55. The molecule has 0 unspecified atom stereocenters. The van der Waals surface area contributed by atoms with Gasteiger partial charge in [-0.05, 0) is 18.2 Å². The average Bonchev–Trinajstić information content (AvgIpc) is 2.38. The van der Waals surface area contributed by atoms with Gasteiger partial charge >= 0.3 is 0 Å². The van der Waals surface area contributed by atoms with Crippen LogP contribution in [0.4, 0.5) is 11.4 Å². The number of nitrogens with zero attached hydrogens (tertiary/aromatic N) is 2. The van der Waals surface area contributed by atoms with Crippen molar-refractivity contribution < 1.29 is 9.53 Å². The van der Waals surface area contributed by atoms with Crippen LogP contribution in [-0.2, 0) is 4.79 Å². The van der Waals surface area contributed by atoms with Crippen LogP contribution >= 0.6 is 0 Å². The fourth-order valence-corrected chi connectivity index (χ4v) is 1.34. The molecule has 0 aliphatic heterocycles. The van der Waals surface area contributed by atoms with Crippen LogP contribution in [0.2, 0.25) is 0 Å². The number of nitrogens with two attached hydrogens (primary N) is 1. The molecule has 1 aromatic carbocycles. The van der Waals surface area contributed by atoms with Crippen LogP contribution < -0.4 is 21.2 Å². The Balaban J connectivity index is 3.06. The summed E-state index contributed by atoms with van der Waals surface area (Å²) >= 11 is 0. The molecule has 0 spiro atoms. The number of methoxy groups -OCH3 is 1. The molecule has 0 atom stereocenters. The van der Waals surface area contributed by atoms with Crippen LogP contribution in [-0.4, -0.2) is 24.6 Å². The molecule has 20 heavy (non-hydrogen) atoms. The summed E-state index contributed by atoms with van der Waals surface area (Å²) in [5.41, 5.74) is 8.47. The molecule has 8 heteroatoms. The molecule has 1 aromatic rings. The Morgan fingerprint density at radius 2 is 2.25 bits per heavy atom. The van der Waals surface area contributed by atoms with E-state index in [-0.39, 0.29) is 11.6 Å². The van der Waals surface area contributed by atoms with Gasteiger partial charge in [-0.25, -0.2) is 0 Å². The Bertz CT molecular complexity index is 602. The standard InChI is InChI=1S/C12H14N6O2/c1-7(19)16-8-3-4-11(20-2)9(5-8)17-18-10(6-13)12(14)15/h3-5,17H,1-2H3,(H3,14,15)(H,16,19)/b18-10+. The number of rotatable bonds is 5. The van der Waals surface area contributed by atoms with Crippen molar-refractivity contribution in [3.8, 4) is 11.8 Å². The molecule has 5 N–H and O–H groups in total. The topological polar surface area (TPSA) is 136 Å². The molecular formula is C12H14N6O2. The summed E-state index contributed by atoms with van der Waals surface area (Å²) in [5.74, 6) is -0.202. The SMILES string of the molecule is COc1ccc(NC(C)=O)cc1N/N=C(\C#N)C(=N)N. The van der Waals surface area contributed by atoms with E-state index in [4.69, 9.17) is 21.1 Å². The third-order valence-electron chi connectivity index (χ3n) is 2.17. The third-order valence-corrected chi connectivity index (χ3v) is 2.17. The highest BCUT2D eigenvalue weighted by molar-refractivity contribution is 6.45. The number of hydrogen-bond acceptors (Lipinski definition) is 6. The van der Waals surface area contributed by atoms with Gasteiger partial charge in [0.15, 0.2) is 5.84 Å². The van der Waals surface area contributed by atoms with Gasteiger partial charge in [-0.15, -0.1) is 0 Å². The van der Waals surface area contributed by atoms with Gasteiger partial charge in [0.05, 0.1) is 7.11 Å². The Labute approximate surface area is 115 Å². The van der Waals surface area contributed by atoms with Crippen molar-refractivity contribution in [2.75, 3.05) is 17.9 Å². The molecular weight excluding hydrogens is 260 g/mol. The summed E-state index contributed by atoms with van der Waals surface area (Å²) in [6.45, 7) is 1.39. The quantitative estimate of drug-likeness (QED) is 0.359. The Kier molecular flexibility index (Phi) is 5.05. The molecule has 1 rings (SSSR count). The van der Waals surface area contributed by atoms with Crippen LogP contribution in [0.3, 0.4) is 0 Å². The predicted molar refractivity (Wildman–Crippen MR) is 75.9 cm³/mol. The number of amides is 1. The molecule has 0 bridgehead atoms. The van der Waals surface area contributed by atoms with E-state index >= 15 is 0 Å². The second-order valence-electron chi connectivity index (χ2n) is 3.69. The summed E-state index contributed by atoms with van der Waals surface area (Å²) in [5, 5.41) is 22.2. The highest BCUT2D eigenvalue weighted by Gasteiger charge is 2.06. The van der Waals surface area contributed by atoms with Crippen LogP contribution in [0.1, 0.15) is 6.92 Å². The second-order valence-corrected chi connectivity index (χ2v) is 3.69. The monoisotopic (exact) mass is 274 g/mol. The number of nitrogens with one attached hydrogen (secondary N) is 3. The zero-order valence-corrected chi connectivity index (χ0v) is 11.0. The predicted octanol–water partition coefficient (Wildman–Crippen LogP) is 0.881. The molecule has 0 radical (unpaired) electrons. The number of ether oxygens (including phenoxy) is 1. The van der Waals surface area contributed by atoms with Crippen LogP contribution in [0.25, 0.3) is 0 Å². The van der Waals surface area contributed by atoms with Crippen molar-refractivity contribution in [2.24, 2.45) is 10.8 Å². The lowest BCUT2D eigenvalue weighted by atomic mass is 10.2. The first kappa shape index (κ1) is 15.0. The molecule has 0 heterocycles. The van der Waals surface area contributed by atoms with Gasteiger partial charge in [-0.1, -0.05) is 0 Å². The molecule has 0 saturated carbocycles. The minimum atomic E-state index is -0.447. The van der Waals surface area contributed by atoms with Crippen molar-refractivity contribution in [3.05, 3.63) is 18.2 Å². The van der Waals surface area contributed by atoms with E-state index in [0.29, 0.717) is 17.1 Å².